The molecule has 0 spiro atoms. The summed E-state index contributed by atoms with van der Waals surface area (Å²) in [6.07, 6.45) is 2.71. The van der Waals surface area contributed by atoms with Gasteiger partial charge in [-0.3, -0.25) is 4.90 Å². The van der Waals surface area contributed by atoms with Gasteiger partial charge in [-0.05, 0) is 62.8 Å². The summed E-state index contributed by atoms with van der Waals surface area (Å²) in [5.41, 5.74) is 5.28. The zero-order valence-electron chi connectivity index (χ0n) is 19.2. The summed E-state index contributed by atoms with van der Waals surface area (Å²) in [5.74, 6) is 0.786. The lowest BCUT2D eigenvalue weighted by Crippen LogP contribution is -2.29. The highest BCUT2D eigenvalue weighted by molar-refractivity contribution is 9.10. The minimum Gasteiger partial charge on any atom is -0.488 e. The van der Waals surface area contributed by atoms with Crippen LogP contribution in [0.3, 0.4) is 0 Å². The van der Waals surface area contributed by atoms with Crippen molar-refractivity contribution >= 4 is 38.5 Å². The number of hydrogen-bond donors (Lipinski definition) is 0. The number of nitriles is 1. The summed E-state index contributed by atoms with van der Waals surface area (Å²) in [7, 11) is 0. The first-order chi connectivity index (χ1) is 17.2. The summed E-state index contributed by atoms with van der Waals surface area (Å²) < 4.78 is 6.82. The van der Waals surface area contributed by atoms with Crippen LogP contribution in [0.15, 0.2) is 88.3 Å². The van der Waals surface area contributed by atoms with Gasteiger partial charge in [-0.2, -0.15) is 5.26 Å². The van der Waals surface area contributed by atoms with Gasteiger partial charge in [0.15, 0.2) is 0 Å². The Hall–Kier alpha value is -3.24. The maximum Gasteiger partial charge on any atom is 0.134 e. The molecule has 0 radical (unpaired) electrons. The van der Waals surface area contributed by atoms with Crippen molar-refractivity contribution in [3.63, 3.8) is 0 Å². The number of rotatable bonds is 7. The fourth-order valence-corrected chi connectivity index (χ4v) is 5.90. The zero-order valence-corrected chi connectivity index (χ0v) is 21.6. The molecular formula is C29H24BrN3OS. The molecule has 0 N–H and O–H groups in total. The van der Waals surface area contributed by atoms with Gasteiger partial charge in [0.25, 0.3) is 0 Å². The van der Waals surface area contributed by atoms with Crippen LogP contribution in [0.25, 0.3) is 0 Å². The Labute approximate surface area is 218 Å². The van der Waals surface area contributed by atoms with E-state index in [-0.39, 0.29) is 0 Å². The van der Waals surface area contributed by atoms with E-state index in [0.29, 0.717) is 6.61 Å². The van der Waals surface area contributed by atoms with Crippen molar-refractivity contribution in [3.05, 3.63) is 116 Å². The fourth-order valence-electron chi connectivity index (χ4n) is 4.21. The van der Waals surface area contributed by atoms with E-state index in [1.165, 1.54) is 16.0 Å². The number of hydrogen-bond acceptors (Lipinski definition) is 5. The van der Waals surface area contributed by atoms with Crippen molar-refractivity contribution in [2.75, 3.05) is 6.54 Å². The average Bonchev–Trinajstić information content (AvgIpc) is 3.25. The van der Waals surface area contributed by atoms with Gasteiger partial charge in [-0.1, -0.05) is 60.7 Å². The van der Waals surface area contributed by atoms with Gasteiger partial charge in [-0.25, -0.2) is 4.99 Å². The molecule has 1 aliphatic heterocycles. The molecule has 0 amide bonds. The van der Waals surface area contributed by atoms with Crippen LogP contribution in [-0.4, -0.2) is 17.7 Å². The summed E-state index contributed by atoms with van der Waals surface area (Å²) in [5, 5.41) is 10.6. The molecule has 1 aliphatic rings. The third kappa shape index (κ3) is 5.71. The first-order valence-corrected chi connectivity index (χ1v) is 13.1. The highest BCUT2D eigenvalue weighted by Gasteiger charge is 2.24. The Morgan fingerprint density at radius 3 is 2.49 bits per heavy atom. The maximum absolute atomic E-state index is 9.84. The molecule has 0 saturated carbocycles. The Bertz CT molecular complexity index is 1380. The second-order valence-electron chi connectivity index (χ2n) is 8.46. The van der Waals surface area contributed by atoms with Crippen LogP contribution in [0.4, 0.5) is 5.00 Å². The van der Waals surface area contributed by atoms with Gasteiger partial charge in [-0.15, -0.1) is 11.3 Å². The smallest absolute Gasteiger partial charge is 0.134 e. The van der Waals surface area contributed by atoms with Crippen molar-refractivity contribution in [3.8, 4) is 11.8 Å². The molecule has 0 unspecified atom stereocenters. The van der Waals surface area contributed by atoms with Crippen LogP contribution < -0.4 is 4.74 Å². The number of ether oxygens (including phenoxy) is 1. The van der Waals surface area contributed by atoms with Crippen molar-refractivity contribution in [2.45, 2.75) is 26.1 Å². The average molecular weight is 543 g/mol. The molecule has 2 heterocycles. The number of nitrogens with zero attached hydrogens (tertiary/aromatic N) is 3. The molecule has 0 saturated heterocycles. The van der Waals surface area contributed by atoms with E-state index >= 15 is 0 Å². The number of benzene rings is 3. The third-order valence-electron chi connectivity index (χ3n) is 6.00. The molecule has 1 aromatic heterocycles. The lowest BCUT2D eigenvalue weighted by molar-refractivity contribution is 0.249. The predicted octanol–water partition coefficient (Wildman–Crippen LogP) is 7.27. The molecule has 3 aromatic carbocycles. The van der Waals surface area contributed by atoms with E-state index in [1.807, 2.05) is 60.8 Å². The first-order valence-electron chi connectivity index (χ1n) is 11.5. The van der Waals surface area contributed by atoms with E-state index in [4.69, 9.17) is 9.73 Å². The van der Waals surface area contributed by atoms with E-state index in [0.717, 1.165) is 58.0 Å². The van der Waals surface area contributed by atoms with Gasteiger partial charge < -0.3 is 4.74 Å². The summed E-state index contributed by atoms with van der Waals surface area (Å²) in [4.78, 5) is 8.41. The molecule has 4 nitrogen and oxygen atoms in total. The largest absolute Gasteiger partial charge is 0.488 e. The Balaban J connectivity index is 1.28. The van der Waals surface area contributed by atoms with Crippen LogP contribution >= 0.6 is 27.3 Å². The van der Waals surface area contributed by atoms with Crippen LogP contribution in [0, 0.1) is 11.3 Å². The first kappa shape index (κ1) is 23.5. The summed E-state index contributed by atoms with van der Waals surface area (Å²) >= 11 is 5.25. The topological polar surface area (TPSA) is 48.6 Å². The molecule has 5 rings (SSSR count). The second kappa shape index (κ2) is 11.0. The zero-order chi connectivity index (χ0) is 24.0. The summed E-state index contributed by atoms with van der Waals surface area (Å²) in [6, 6.07) is 29.0. The van der Waals surface area contributed by atoms with Gasteiger partial charge in [0.1, 0.15) is 23.4 Å². The number of fused-ring (bicyclic) bond motifs is 1. The number of thiophene rings is 1. The third-order valence-corrected chi connectivity index (χ3v) is 7.75. The molecule has 0 atom stereocenters. The van der Waals surface area contributed by atoms with Crippen molar-refractivity contribution in [1.29, 1.82) is 5.26 Å². The highest BCUT2D eigenvalue weighted by atomic mass is 79.9. The Morgan fingerprint density at radius 2 is 1.77 bits per heavy atom. The van der Waals surface area contributed by atoms with Gasteiger partial charge in [0.2, 0.25) is 0 Å². The Morgan fingerprint density at radius 1 is 1.03 bits per heavy atom. The van der Waals surface area contributed by atoms with Crippen LogP contribution in [0.1, 0.15) is 32.7 Å². The minimum atomic E-state index is 0.514. The molecule has 35 heavy (non-hydrogen) atoms. The van der Waals surface area contributed by atoms with E-state index < -0.39 is 0 Å². The van der Waals surface area contributed by atoms with Gasteiger partial charge in [0, 0.05) is 30.7 Å². The number of aliphatic imine (C=N–C) groups is 1. The quantitative estimate of drug-likeness (QED) is 0.231. The SMILES string of the molecule is N#Cc1c(N=Cc2ccc(OCc3ccccc3)c(Br)c2)sc2c1CCN(Cc1ccccc1)C2. The molecular weight excluding hydrogens is 518 g/mol. The fraction of sp³-hybridized carbons (Fsp3) is 0.172. The number of halogens is 1. The van der Waals surface area contributed by atoms with E-state index in [2.05, 4.69) is 51.2 Å². The van der Waals surface area contributed by atoms with Crippen molar-refractivity contribution < 1.29 is 4.74 Å². The second-order valence-corrected chi connectivity index (χ2v) is 10.4. The van der Waals surface area contributed by atoms with Crippen LogP contribution in [-0.2, 0) is 26.1 Å². The Kier molecular flexibility index (Phi) is 7.39. The highest BCUT2D eigenvalue weighted by Crippen LogP contribution is 2.39. The van der Waals surface area contributed by atoms with E-state index in [9.17, 15) is 5.26 Å². The van der Waals surface area contributed by atoms with Gasteiger partial charge >= 0.3 is 0 Å². The monoisotopic (exact) mass is 541 g/mol. The molecule has 174 valence electrons. The lowest BCUT2D eigenvalue weighted by Gasteiger charge is -2.26. The lowest BCUT2D eigenvalue weighted by atomic mass is 10.0. The minimum absolute atomic E-state index is 0.514. The summed E-state index contributed by atoms with van der Waals surface area (Å²) in [6.45, 7) is 3.25. The predicted molar refractivity (Wildman–Crippen MR) is 145 cm³/mol. The molecule has 0 bridgehead atoms. The molecule has 0 aliphatic carbocycles. The maximum atomic E-state index is 9.84. The van der Waals surface area contributed by atoms with Crippen molar-refractivity contribution in [2.24, 2.45) is 4.99 Å². The molecule has 0 fully saturated rings. The van der Waals surface area contributed by atoms with Crippen LogP contribution in [0.5, 0.6) is 5.75 Å². The van der Waals surface area contributed by atoms with Gasteiger partial charge in [0.05, 0.1) is 10.0 Å². The van der Waals surface area contributed by atoms with Crippen molar-refractivity contribution in [1.82, 2.24) is 4.90 Å². The van der Waals surface area contributed by atoms with E-state index in [1.54, 1.807) is 11.3 Å². The molecule has 6 heteroatoms. The van der Waals surface area contributed by atoms with Crippen LogP contribution in [0.2, 0.25) is 0 Å². The normalized spacial score (nSPS) is 13.5. The standard InChI is InChI=1S/C29H24BrN3OS/c30-26-15-23(11-12-27(26)34-20-22-9-5-2-6-10-22)17-32-29-25(16-31)24-13-14-33(19-28(24)35-29)18-21-7-3-1-4-8-21/h1-12,15,17H,13-14,18-20H2. The molecule has 4 aromatic rings.